The molecule has 1 aliphatic heterocycles. The molecule has 0 aliphatic carbocycles. The number of sulfonamides is 1. The third-order valence-electron chi connectivity index (χ3n) is 3.09. The summed E-state index contributed by atoms with van der Waals surface area (Å²) in [6.07, 6.45) is 1.11. The van der Waals surface area contributed by atoms with Gasteiger partial charge in [-0.2, -0.15) is 4.31 Å². The fourth-order valence-corrected chi connectivity index (χ4v) is 6.49. The highest BCUT2D eigenvalue weighted by Crippen LogP contribution is 2.36. The van der Waals surface area contributed by atoms with Crippen LogP contribution in [-0.2, 0) is 10.0 Å². The Hall–Kier alpha value is 0.530. The molecular formula is C11H16Br2N2O2S2. The Morgan fingerprint density at radius 3 is 2.37 bits per heavy atom. The molecule has 1 fully saturated rings. The quantitative estimate of drug-likeness (QED) is 0.735. The maximum Gasteiger partial charge on any atom is 0.252 e. The molecule has 0 N–H and O–H groups in total. The maximum absolute atomic E-state index is 12.5. The lowest BCUT2D eigenvalue weighted by atomic mass is 10.3. The van der Waals surface area contributed by atoms with Gasteiger partial charge in [-0.05, 0) is 50.9 Å². The van der Waals surface area contributed by atoms with Crippen molar-refractivity contribution >= 4 is 53.2 Å². The minimum absolute atomic E-state index is 0.398. The molecule has 0 saturated carbocycles. The highest BCUT2D eigenvalue weighted by Gasteiger charge is 2.30. The van der Waals surface area contributed by atoms with E-state index in [-0.39, 0.29) is 0 Å². The molecule has 0 radical (unpaired) electrons. The van der Waals surface area contributed by atoms with Crippen LogP contribution in [-0.4, -0.2) is 50.3 Å². The molecular weight excluding hydrogens is 416 g/mol. The Labute approximate surface area is 135 Å². The number of thiophene rings is 1. The first-order valence-electron chi connectivity index (χ1n) is 6.12. The number of halogens is 2. The van der Waals surface area contributed by atoms with E-state index in [0.717, 1.165) is 34.3 Å². The van der Waals surface area contributed by atoms with Crippen LogP contribution < -0.4 is 0 Å². The van der Waals surface area contributed by atoms with Crippen LogP contribution >= 0.6 is 43.2 Å². The summed E-state index contributed by atoms with van der Waals surface area (Å²) in [6.45, 7) is 5.99. The zero-order valence-corrected chi connectivity index (χ0v) is 15.4. The van der Waals surface area contributed by atoms with Crippen molar-refractivity contribution in [2.24, 2.45) is 0 Å². The van der Waals surface area contributed by atoms with Gasteiger partial charge in [-0.1, -0.05) is 6.92 Å². The van der Waals surface area contributed by atoms with Crippen LogP contribution in [0.3, 0.4) is 0 Å². The number of piperazine rings is 1. The molecule has 108 valence electrons. The minimum Gasteiger partial charge on any atom is -0.301 e. The normalized spacial score (nSPS) is 18.9. The second-order valence-electron chi connectivity index (χ2n) is 4.43. The van der Waals surface area contributed by atoms with E-state index >= 15 is 0 Å². The van der Waals surface area contributed by atoms with Crippen molar-refractivity contribution in [3.8, 4) is 0 Å². The molecule has 4 nitrogen and oxygen atoms in total. The molecule has 1 aliphatic rings. The summed E-state index contributed by atoms with van der Waals surface area (Å²) in [5, 5.41) is 0. The fourth-order valence-electron chi connectivity index (χ4n) is 2.09. The van der Waals surface area contributed by atoms with Gasteiger partial charge < -0.3 is 4.90 Å². The van der Waals surface area contributed by atoms with Gasteiger partial charge in [0.25, 0.3) is 10.0 Å². The van der Waals surface area contributed by atoms with Crippen molar-refractivity contribution in [1.29, 1.82) is 0 Å². The van der Waals surface area contributed by atoms with Crippen LogP contribution in [0, 0.1) is 0 Å². The predicted octanol–water partition coefficient (Wildman–Crippen LogP) is 2.99. The molecule has 2 rings (SSSR count). The summed E-state index contributed by atoms with van der Waals surface area (Å²) in [7, 11) is -3.34. The van der Waals surface area contributed by atoms with E-state index in [1.807, 2.05) is 0 Å². The number of hydrogen-bond donors (Lipinski definition) is 0. The van der Waals surface area contributed by atoms with Gasteiger partial charge in [0.15, 0.2) is 0 Å². The van der Waals surface area contributed by atoms with Gasteiger partial charge in [0.1, 0.15) is 4.21 Å². The smallest absolute Gasteiger partial charge is 0.252 e. The lowest BCUT2D eigenvalue weighted by Crippen LogP contribution is -2.48. The zero-order chi connectivity index (χ0) is 14.0. The monoisotopic (exact) mass is 430 g/mol. The van der Waals surface area contributed by atoms with E-state index in [4.69, 9.17) is 0 Å². The molecule has 0 bridgehead atoms. The molecule has 1 saturated heterocycles. The first kappa shape index (κ1) is 15.9. The van der Waals surface area contributed by atoms with Crippen LogP contribution in [0.15, 0.2) is 18.5 Å². The molecule has 0 amide bonds. The predicted molar refractivity (Wildman–Crippen MR) is 85.2 cm³/mol. The molecule has 0 atom stereocenters. The average molecular weight is 432 g/mol. The summed E-state index contributed by atoms with van der Waals surface area (Å²) < 4.78 is 28.6. The van der Waals surface area contributed by atoms with Gasteiger partial charge in [-0.25, -0.2) is 8.42 Å². The van der Waals surface area contributed by atoms with E-state index in [1.54, 1.807) is 10.4 Å². The largest absolute Gasteiger partial charge is 0.301 e. The SMILES string of the molecule is CCCN1CCN(S(=O)(=O)c2cc(Br)c(Br)s2)CC1. The van der Waals surface area contributed by atoms with Gasteiger partial charge >= 0.3 is 0 Å². The van der Waals surface area contributed by atoms with Crippen molar-refractivity contribution in [2.75, 3.05) is 32.7 Å². The van der Waals surface area contributed by atoms with Crippen LogP contribution in [0.5, 0.6) is 0 Å². The Morgan fingerprint density at radius 1 is 1.26 bits per heavy atom. The van der Waals surface area contributed by atoms with Crippen LogP contribution in [0.4, 0.5) is 0 Å². The van der Waals surface area contributed by atoms with Crippen LogP contribution in [0.25, 0.3) is 0 Å². The number of hydrogen-bond acceptors (Lipinski definition) is 4. The second kappa shape index (κ2) is 6.53. The molecule has 8 heteroatoms. The molecule has 1 aromatic heterocycles. The Kier molecular flexibility index (Phi) is 5.47. The Bertz CT molecular complexity index is 517. The Morgan fingerprint density at radius 2 is 1.89 bits per heavy atom. The number of nitrogens with zero attached hydrogens (tertiary/aromatic N) is 2. The summed E-state index contributed by atoms with van der Waals surface area (Å²) in [5.74, 6) is 0. The van der Waals surface area contributed by atoms with Crippen molar-refractivity contribution in [3.63, 3.8) is 0 Å². The highest BCUT2D eigenvalue weighted by molar-refractivity contribution is 9.13. The van der Waals surface area contributed by atoms with Crippen molar-refractivity contribution in [1.82, 2.24) is 9.21 Å². The van der Waals surface area contributed by atoms with E-state index in [9.17, 15) is 8.42 Å². The molecule has 1 aromatic rings. The van der Waals surface area contributed by atoms with E-state index in [2.05, 4.69) is 43.7 Å². The Balaban J connectivity index is 2.09. The summed E-state index contributed by atoms with van der Waals surface area (Å²) in [4.78, 5) is 2.31. The van der Waals surface area contributed by atoms with E-state index < -0.39 is 10.0 Å². The minimum atomic E-state index is -3.34. The fraction of sp³-hybridized carbons (Fsp3) is 0.636. The lowest BCUT2D eigenvalue weighted by molar-refractivity contribution is 0.189. The standard InChI is InChI=1S/C11H16Br2N2O2S2/c1-2-3-14-4-6-15(7-5-14)19(16,17)10-8-9(12)11(13)18-10/h8H,2-7H2,1H3. The molecule has 0 spiro atoms. The van der Waals surface area contributed by atoms with E-state index in [1.165, 1.54) is 11.3 Å². The van der Waals surface area contributed by atoms with Crippen molar-refractivity contribution < 1.29 is 8.42 Å². The zero-order valence-electron chi connectivity index (χ0n) is 10.6. The van der Waals surface area contributed by atoms with Crippen molar-refractivity contribution in [2.45, 2.75) is 17.6 Å². The van der Waals surface area contributed by atoms with Gasteiger partial charge in [-0.3, -0.25) is 0 Å². The molecule has 0 aromatic carbocycles. The second-order valence-corrected chi connectivity index (χ2v) is 9.82. The maximum atomic E-state index is 12.5. The average Bonchev–Trinajstić information content (AvgIpc) is 2.71. The van der Waals surface area contributed by atoms with Gasteiger partial charge in [0, 0.05) is 30.7 Å². The summed E-state index contributed by atoms with van der Waals surface area (Å²) >= 11 is 7.93. The molecule has 0 unspecified atom stereocenters. The van der Waals surface area contributed by atoms with Gasteiger partial charge in [0.05, 0.1) is 3.79 Å². The van der Waals surface area contributed by atoms with Crippen LogP contribution in [0.1, 0.15) is 13.3 Å². The van der Waals surface area contributed by atoms with Gasteiger partial charge in [-0.15, -0.1) is 11.3 Å². The summed E-state index contributed by atoms with van der Waals surface area (Å²) in [6, 6.07) is 1.67. The molecule has 19 heavy (non-hydrogen) atoms. The topological polar surface area (TPSA) is 40.6 Å². The molecule has 2 heterocycles. The van der Waals surface area contributed by atoms with Crippen LogP contribution in [0.2, 0.25) is 0 Å². The number of rotatable bonds is 4. The first-order chi connectivity index (χ1) is 8.95. The third-order valence-corrected chi connectivity index (χ3v) is 8.69. The summed E-state index contributed by atoms with van der Waals surface area (Å²) in [5.41, 5.74) is 0. The van der Waals surface area contributed by atoms with Gasteiger partial charge in [0.2, 0.25) is 0 Å². The lowest BCUT2D eigenvalue weighted by Gasteiger charge is -2.33. The first-order valence-corrected chi connectivity index (χ1v) is 9.96. The highest BCUT2D eigenvalue weighted by atomic mass is 79.9. The third kappa shape index (κ3) is 3.59. The van der Waals surface area contributed by atoms with E-state index in [0.29, 0.717) is 17.3 Å². The van der Waals surface area contributed by atoms with Crippen molar-refractivity contribution in [3.05, 3.63) is 14.3 Å².